The van der Waals surface area contributed by atoms with Crippen molar-refractivity contribution in [3.8, 4) is 5.75 Å². The van der Waals surface area contributed by atoms with E-state index in [1.165, 1.54) is 6.21 Å². The van der Waals surface area contributed by atoms with Crippen molar-refractivity contribution < 1.29 is 14.3 Å². The zero-order valence-corrected chi connectivity index (χ0v) is 16.6. The number of nitrogens with zero attached hydrogens (tertiary/aromatic N) is 1. The summed E-state index contributed by atoms with van der Waals surface area (Å²) in [6, 6.07) is 12.9. The third-order valence-electron chi connectivity index (χ3n) is 3.80. The summed E-state index contributed by atoms with van der Waals surface area (Å²) in [5, 5.41) is 7.07. The highest BCUT2D eigenvalue weighted by Gasteiger charge is 2.26. The van der Waals surface area contributed by atoms with Crippen molar-refractivity contribution in [3.63, 3.8) is 0 Å². The molecule has 0 saturated heterocycles. The Morgan fingerprint density at radius 3 is 2.74 bits per heavy atom. The van der Waals surface area contributed by atoms with E-state index in [2.05, 4.69) is 31.8 Å². The molecule has 1 aliphatic carbocycles. The van der Waals surface area contributed by atoms with E-state index in [0.29, 0.717) is 16.3 Å². The van der Waals surface area contributed by atoms with Gasteiger partial charge in [0, 0.05) is 26.7 Å². The van der Waals surface area contributed by atoms with E-state index < -0.39 is 11.8 Å². The molecular weight excluding hydrogens is 434 g/mol. The van der Waals surface area contributed by atoms with Crippen LogP contribution in [0.2, 0.25) is 5.02 Å². The van der Waals surface area contributed by atoms with E-state index >= 15 is 0 Å². The molecular formula is C19H17BrClN3O3. The van der Waals surface area contributed by atoms with E-state index in [1.807, 2.05) is 24.3 Å². The maximum atomic E-state index is 11.7. The molecule has 0 aliphatic heterocycles. The van der Waals surface area contributed by atoms with Gasteiger partial charge in [0.15, 0.2) is 0 Å². The molecule has 2 aromatic carbocycles. The fourth-order valence-electron chi connectivity index (χ4n) is 2.21. The quantitative estimate of drug-likeness (QED) is 0.402. The molecule has 2 N–H and O–H groups in total. The predicted molar refractivity (Wildman–Crippen MR) is 107 cm³/mol. The number of ether oxygens (including phenoxy) is 1. The minimum Gasteiger partial charge on any atom is -0.488 e. The fourth-order valence-corrected chi connectivity index (χ4v) is 2.78. The lowest BCUT2D eigenvalue weighted by atomic mass is 10.2. The van der Waals surface area contributed by atoms with Gasteiger partial charge in [0.05, 0.1) is 6.21 Å². The molecule has 1 saturated carbocycles. The minimum absolute atomic E-state index is 0.113. The van der Waals surface area contributed by atoms with Crippen molar-refractivity contribution >= 4 is 45.6 Å². The molecule has 0 unspecified atom stereocenters. The Morgan fingerprint density at radius 2 is 2.00 bits per heavy atom. The number of rotatable bonds is 6. The SMILES string of the molecule is O=C(N/N=C\c1cc(Br)ccc1OCc1ccccc1Cl)C(=O)NC1CC1. The van der Waals surface area contributed by atoms with E-state index in [9.17, 15) is 9.59 Å². The maximum Gasteiger partial charge on any atom is 0.329 e. The molecule has 140 valence electrons. The van der Waals surface area contributed by atoms with E-state index in [4.69, 9.17) is 16.3 Å². The minimum atomic E-state index is -0.799. The van der Waals surface area contributed by atoms with Gasteiger partial charge in [0.1, 0.15) is 12.4 Å². The van der Waals surface area contributed by atoms with Crippen LogP contribution in [0.25, 0.3) is 0 Å². The molecule has 0 spiro atoms. The molecule has 1 aliphatic rings. The Hall–Kier alpha value is -2.38. The van der Waals surface area contributed by atoms with Crippen LogP contribution in [0.15, 0.2) is 52.0 Å². The number of amides is 2. The molecule has 1 fully saturated rings. The largest absolute Gasteiger partial charge is 0.488 e. The van der Waals surface area contributed by atoms with Gasteiger partial charge >= 0.3 is 11.8 Å². The number of carbonyl (C=O) groups excluding carboxylic acids is 2. The predicted octanol–water partition coefficient (Wildman–Crippen LogP) is 3.41. The summed E-state index contributed by atoms with van der Waals surface area (Å²) in [5.41, 5.74) is 3.71. The molecule has 2 aromatic rings. The lowest BCUT2D eigenvalue weighted by Crippen LogP contribution is -2.38. The van der Waals surface area contributed by atoms with E-state index in [-0.39, 0.29) is 12.6 Å². The van der Waals surface area contributed by atoms with Gasteiger partial charge in [-0.3, -0.25) is 9.59 Å². The van der Waals surface area contributed by atoms with Gasteiger partial charge in [-0.05, 0) is 37.1 Å². The van der Waals surface area contributed by atoms with Crippen LogP contribution in [0.5, 0.6) is 5.75 Å². The van der Waals surface area contributed by atoms with Crippen molar-refractivity contribution in [1.82, 2.24) is 10.7 Å². The molecule has 0 atom stereocenters. The zero-order valence-electron chi connectivity index (χ0n) is 14.2. The maximum absolute atomic E-state index is 11.7. The number of hydrogen-bond donors (Lipinski definition) is 2. The summed E-state index contributed by atoms with van der Waals surface area (Å²) in [6.07, 6.45) is 3.24. The van der Waals surface area contributed by atoms with Crippen molar-refractivity contribution in [2.75, 3.05) is 0 Å². The Balaban J connectivity index is 1.63. The van der Waals surface area contributed by atoms with Crippen molar-refractivity contribution in [1.29, 1.82) is 0 Å². The summed E-state index contributed by atoms with van der Waals surface area (Å²) in [6.45, 7) is 0.290. The smallest absolute Gasteiger partial charge is 0.329 e. The van der Waals surface area contributed by atoms with Crippen LogP contribution in [0.4, 0.5) is 0 Å². The second kappa shape index (κ2) is 9.01. The Morgan fingerprint density at radius 1 is 1.22 bits per heavy atom. The lowest BCUT2D eigenvalue weighted by molar-refractivity contribution is -0.139. The van der Waals surface area contributed by atoms with Crippen molar-refractivity contribution in [2.45, 2.75) is 25.5 Å². The summed E-state index contributed by atoms with van der Waals surface area (Å²) in [4.78, 5) is 23.3. The van der Waals surface area contributed by atoms with Gasteiger partial charge in [-0.25, -0.2) is 5.43 Å². The topological polar surface area (TPSA) is 79.8 Å². The average Bonchev–Trinajstić information content (AvgIpc) is 3.46. The average molecular weight is 451 g/mol. The molecule has 0 heterocycles. The van der Waals surface area contributed by atoms with Crippen LogP contribution in [-0.4, -0.2) is 24.1 Å². The highest BCUT2D eigenvalue weighted by atomic mass is 79.9. The number of benzene rings is 2. The van der Waals surface area contributed by atoms with Crippen LogP contribution in [0.3, 0.4) is 0 Å². The summed E-state index contributed by atoms with van der Waals surface area (Å²) < 4.78 is 6.66. The summed E-state index contributed by atoms with van der Waals surface area (Å²) >= 11 is 9.54. The van der Waals surface area contributed by atoms with Crippen LogP contribution in [0, 0.1) is 0 Å². The van der Waals surface area contributed by atoms with Crippen LogP contribution in [-0.2, 0) is 16.2 Å². The molecule has 2 amide bonds. The van der Waals surface area contributed by atoms with Gasteiger partial charge < -0.3 is 10.1 Å². The molecule has 6 nitrogen and oxygen atoms in total. The highest BCUT2D eigenvalue weighted by molar-refractivity contribution is 9.10. The molecule has 0 aromatic heterocycles. The summed E-state index contributed by atoms with van der Waals surface area (Å²) in [7, 11) is 0. The van der Waals surface area contributed by atoms with Gasteiger partial charge in [-0.15, -0.1) is 0 Å². The molecule has 3 rings (SSSR count). The number of hydrogen-bond acceptors (Lipinski definition) is 4. The molecule has 0 bridgehead atoms. The Kier molecular flexibility index (Phi) is 6.47. The van der Waals surface area contributed by atoms with Crippen LogP contribution < -0.4 is 15.5 Å². The number of nitrogens with one attached hydrogen (secondary N) is 2. The van der Waals surface area contributed by atoms with Gasteiger partial charge in [0.2, 0.25) is 0 Å². The van der Waals surface area contributed by atoms with Gasteiger partial charge in [-0.1, -0.05) is 45.7 Å². The van der Waals surface area contributed by atoms with E-state index in [0.717, 1.165) is 22.9 Å². The van der Waals surface area contributed by atoms with Crippen molar-refractivity contribution in [3.05, 3.63) is 63.1 Å². The second-order valence-electron chi connectivity index (χ2n) is 6.01. The van der Waals surface area contributed by atoms with E-state index in [1.54, 1.807) is 18.2 Å². The number of halogens is 2. The first-order valence-electron chi connectivity index (χ1n) is 8.32. The highest BCUT2D eigenvalue weighted by Crippen LogP contribution is 2.24. The standard InChI is InChI=1S/C19H17BrClN3O3/c20-14-5-8-17(27-11-12-3-1-2-4-16(12)21)13(9-14)10-22-24-19(26)18(25)23-15-6-7-15/h1-5,8-10,15H,6-7,11H2,(H,23,25)(H,24,26)/b22-10-. The monoisotopic (exact) mass is 449 g/mol. The van der Waals surface area contributed by atoms with Gasteiger partial charge in [-0.2, -0.15) is 5.10 Å². The van der Waals surface area contributed by atoms with Crippen LogP contribution >= 0.6 is 27.5 Å². The van der Waals surface area contributed by atoms with Crippen LogP contribution in [0.1, 0.15) is 24.0 Å². The first-order valence-corrected chi connectivity index (χ1v) is 9.49. The fraction of sp³-hybridized carbons (Fsp3) is 0.211. The first-order chi connectivity index (χ1) is 13.0. The number of carbonyl (C=O) groups is 2. The normalized spacial score (nSPS) is 13.4. The summed E-state index contributed by atoms with van der Waals surface area (Å²) in [5.74, 6) is -0.913. The molecule has 0 radical (unpaired) electrons. The zero-order chi connectivity index (χ0) is 19.2. The third-order valence-corrected chi connectivity index (χ3v) is 4.66. The third kappa shape index (κ3) is 5.80. The number of hydrazone groups is 1. The first kappa shape index (κ1) is 19.4. The lowest BCUT2D eigenvalue weighted by Gasteiger charge is -2.10. The van der Waals surface area contributed by atoms with Crippen molar-refractivity contribution in [2.24, 2.45) is 5.10 Å². The van der Waals surface area contributed by atoms with Gasteiger partial charge in [0.25, 0.3) is 0 Å². The molecule has 8 heteroatoms. The Bertz CT molecular complexity index is 884. The Labute approximate surface area is 170 Å². The second-order valence-corrected chi connectivity index (χ2v) is 7.33. The molecule has 27 heavy (non-hydrogen) atoms.